The lowest BCUT2D eigenvalue weighted by atomic mass is 9.91. The summed E-state index contributed by atoms with van der Waals surface area (Å²) in [7, 11) is 0. The maximum absolute atomic E-state index is 11.7. The van der Waals surface area contributed by atoms with Crippen LogP contribution in [-0.4, -0.2) is 11.1 Å². The monoisotopic (exact) mass is 381 g/mol. The largest absolute Gasteiger partial charge is 0.479 e. The van der Waals surface area contributed by atoms with Gasteiger partial charge in [-0.05, 0) is 71.8 Å². The molecule has 0 aliphatic heterocycles. The average molecular weight is 381 g/mol. The van der Waals surface area contributed by atoms with Crippen LogP contribution < -0.4 is 5.32 Å². The van der Waals surface area contributed by atoms with Crippen LogP contribution >= 0.6 is 22.6 Å². The number of aliphatic carboxylic acids is 1. The Hall–Kier alpha value is -1.56. The molecule has 2 aromatic carbocycles. The summed E-state index contributed by atoms with van der Waals surface area (Å²) in [6, 6.07) is 15.2. The first-order valence-corrected chi connectivity index (χ1v) is 7.34. The molecule has 0 aliphatic carbocycles. The van der Waals surface area contributed by atoms with Gasteiger partial charge in [-0.15, -0.1) is 0 Å². The molecule has 0 amide bonds. The Bertz CT molecular complexity index is 625. The number of hydrogen-bond acceptors (Lipinski definition) is 2. The van der Waals surface area contributed by atoms with Crippen LogP contribution in [0.25, 0.3) is 0 Å². The van der Waals surface area contributed by atoms with Gasteiger partial charge < -0.3 is 10.4 Å². The first-order chi connectivity index (χ1) is 9.41. The van der Waals surface area contributed by atoms with E-state index in [0.717, 1.165) is 20.4 Å². The fourth-order valence-electron chi connectivity index (χ4n) is 2.04. The molecule has 20 heavy (non-hydrogen) atoms. The van der Waals surface area contributed by atoms with E-state index >= 15 is 0 Å². The van der Waals surface area contributed by atoms with Crippen molar-refractivity contribution in [2.45, 2.75) is 19.4 Å². The molecule has 0 fully saturated rings. The number of carbonyl (C=O) groups is 1. The molecule has 0 saturated heterocycles. The number of nitrogens with one attached hydrogen (secondary N) is 1. The zero-order chi connectivity index (χ0) is 14.8. The number of benzene rings is 2. The molecule has 0 bridgehead atoms. The molecular formula is C16H16INO2. The van der Waals surface area contributed by atoms with Crippen molar-refractivity contribution in [2.24, 2.45) is 0 Å². The van der Waals surface area contributed by atoms with Crippen molar-refractivity contribution in [3.63, 3.8) is 0 Å². The molecule has 104 valence electrons. The van der Waals surface area contributed by atoms with Crippen molar-refractivity contribution in [1.82, 2.24) is 0 Å². The Balaban J connectivity index is 2.39. The highest BCUT2D eigenvalue weighted by molar-refractivity contribution is 14.1. The zero-order valence-electron chi connectivity index (χ0n) is 11.4. The Morgan fingerprint density at radius 1 is 1.20 bits per heavy atom. The molecule has 0 aromatic heterocycles. The van der Waals surface area contributed by atoms with Gasteiger partial charge in [-0.1, -0.05) is 24.3 Å². The molecular weight excluding hydrogens is 365 g/mol. The van der Waals surface area contributed by atoms with Crippen LogP contribution in [0, 0.1) is 10.5 Å². The van der Waals surface area contributed by atoms with E-state index in [1.165, 1.54) is 0 Å². The molecule has 0 heterocycles. The number of carboxylic acids is 1. The number of halogens is 1. The van der Waals surface area contributed by atoms with Crippen molar-refractivity contribution in [2.75, 3.05) is 5.32 Å². The molecule has 1 atom stereocenters. The molecule has 2 N–H and O–H groups in total. The second kappa shape index (κ2) is 5.83. The number of aryl methyl sites for hydroxylation is 1. The van der Waals surface area contributed by atoms with Gasteiger partial charge >= 0.3 is 5.97 Å². The Kier molecular flexibility index (Phi) is 4.32. The summed E-state index contributed by atoms with van der Waals surface area (Å²) in [6.07, 6.45) is 0. The van der Waals surface area contributed by atoms with E-state index in [1.54, 1.807) is 6.92 Å². The Morgan fingerprint density at radius 2 is 1.85 bits per heavy atom. The first-order valence-electron chi connectivity index (χ1n) is 6.26. The molecule has 2 rings (SSSR count). The lowest BCUT2D eigenvalue weighted by molar-refractivity contribution is -0.142. The zero-order valence-corrected chi connectivity index (χ0v) is 13.5. The summed E-state index contributed by atoms with van der Waals surface area (Å²) < 4.78 is 1.08. The first kappa shape index (κ1) is 14.8. The van der Waals surface area contributed by atoms with Gasteiger partial charge in [0.25, 0.3) is 0 Å². The quantitative estimate of drug-likeness (QED) is 0.787. The van der Waals surface area contributed by atoms with Crippen LogP contribution in [0.1, 0.15) is 18.1 Å². The van der Waals surface area contributed by atoms with Gasteiger partial charge in [-0.3, -0.25) is 0 Å². The van der Waals surface area contributed by atoms with E-state index in [9.17, 15) is 9.90 Å². The van der Waals surface area contributed by atoms with E-state index in [2.05, 4.69) is 27.9 Å². The molecule has 0 spiro atoms. The summed E-state index contributed by atoms with van der Waals surface area (Å²) >= 11 is 2.20. The number of rotatable bonds is 4. The average Bonchev–Trinajstić information content (AvgIpc) is 2.39. The van der Waals surface area contributed by atoms with Crippen LogP contribution in [-0.2, 0) is 10.3 Å². The summed E-state index contributed by atoms with van der Waals surface area (Å²) in [5.41, 5.74) is 1.46. The highest BCUT2D eigenvalue weighted by Crippen LogP contribution is 2.27. The van der Waals surface area contributed by atoms with Gasteiger partial charge in [0.2, 0.25) is 0 Å². The van der Waals surface area contributed by atoms with Crippen LogP contribution in [0.5, 0.6) is 0 Å². The third-order valence-corrected chi connectivity index (χ3v) is 3.98. The fraction of sp³-hybridized carbons (Fsp3) is 0.188. The van der Waals surface area contributed by atoms with Gasteiger partial charge in [0.05, 0.1) is 0 Å². The van der Waals surface area contributed by atoms with Gasteiger partial charge in [-0.2, -0.15) is 0 Å². The lowest BCUT2D eigenvalue weighted by Gasteiger charge is -2.28. The van der Waals surface area contributed by atoms with E-state index in [4.69, 9.17) is 0 Å². The number of anilines is 1. The Labute approximate surface area is 132 Å². The maximum Gasteiger partial charge on any atom is 0.333 e. The standard InChI is InChI=1S/C16H16INO2/c1-11-4-3-5-14(10-11)18-16(2,15(19)20)12-6-8-13(17)9-7-12/h3-10,18H,1-2H3,(H,19,20). The number of carboxylic acid groups (broad SMARTS) is 1. The molecule has 3 nitrogen and oxygen atoms in total. The van der Waals surface area contributed by atoms with Crippen molar-refractivity contribution in [3.05, 3.63) is 63.2 Å². The van der Waals surface area contributed by atoms with Gasteiger partial charge in [-0.25, -0.2) is 4.79 Å². The van der Waals surface area contributed by atoms with E-state index in [-0.39, 0.29) is 0 Å². The van der Waals surface area contributed by atoms with E-state index in [0.29, 0.717) is 0 Å². The van der Waals surface area contributed by atoms with Gasteiger partial charge in [0.1, 0.15) is 0 Å². The molecule has 2 aromatic rings. The predicted molar refractivity (Wildman–Crippen MR) is 88.9 cm³/mol. The molecule has 0 radical (unpaired) electrons. The highest BCUT2D eigenvalue weighted by Gasteiger charge is 2.35. The molecule has 4 heteroatoms. The van der Waals surface area contributed by atoms with E-state index < -0.39 is 11.5 Å². The minimum Gasteiger partial charge on any atom is -0.479 e. The summed E-state index contributed by atoms with van der Waals surface area (Å²) in [4.78, 5) is 11.7. The minimum atomic E-state index is -1.15. The van der Waals surface area contributed by atoms with Gasteiger partial charge in [0.15, 0.2) is 5.54 Å². The molecule has 0 aliphatic rings. The van der Waals surface area contributed by atoms with Crippen molar-refractivity contribution >= 4 is 34.2 Å². The van der Waals surface area contributed by atoms with Crippen LogP contribution in [0.15, 0.2) is 48.5 Å². The van der Waals surface area contributed by atoms with Crippen molar-refractivity contribution in [1.29, 1.82) is 0 Å². The fourth-order valence-corrected chi connectivity index (χ4v) is 2.40. The van der Waals surface area contributed by atoms with Gasteiger partial charge in [0, 0.05) is 9.26 Å². The van der Waals surface area contributed by atoms with Crippen LogP contribution in [0.2, 0.25) is 0 Å². The second-order valence-corrected chi connectivity index (χ2v) is 6.18. The predicted octanol–water partition coefficient (Wildman–Crippen LogP) is 4.01. The van der Waals surface area contributed by atoms with E-state index in [1.807, 2.05) is 55.5 Å². The van der Waals surface area contributed by atoms with Crippen molar-refractivity contribution in [3.8, 4) is 0 Å². The van der Waals surface area contributed by atoms with Crippen molar-refractivity contribution < 1.29 is 9.90 Å². The third kappa shape index (κ3) is 3.12. The SMILES string of the molecule is Cc1cccc(NC(C)(C(=O)O)c2ccc(I)cc2)c1. The molecule has 0 saturated carbocycles. The molecule has 1 unspecified atom stereocenters. The van der Waals surface area contributed by atoms with Crippen LogP contribution in [0.4, 0.5) is 5.69 Å². The maximum atomic E-state index is 11.7. The Morgan fingerprint density at radius 3 is 2.40 bits per heavy atom. The minimum absolute atomic E-state index is 0.729. The number of hydrogen-bond donors (Lipinski definition) is 2. The summed E-state index contributed by atoms with van der Waals surface area (Å²) in [5.74, 6) is -0.903. The second-order valence-electron chi connectivity index (χ2n) is 4.93. The third-order valence-electron chi connectivity index (χ3n) is 3.26. The highest BCUT2D eigenvalue weighted by atomic mass is 127. The normalized spacial score (nSPS) is 13.6. The smallest absolute Gasteiger partial charge is 0.333 e. The summed E-state index contributed by atoms with van der Waals surface area (Å²) in [6.45, 7) is 3.66. The van der Waals surface area contributed by atoms with Crippen LogP contribution in [0.3, 0.4) is 0 Å². The lowest BCUT2D eigenvalue weighted by Crippen LogP contribution is -2.40. The topological polar surface area (TPSA) is 49.3 Å². The summed E-state index contributed by atoms with van der Waals surface area (Å²) in [5, 5.41) is 12.8.